The van der Waals surface area contributed by atoms with Gasteiger partial charge in [-0.15, -0.1) is 0 Å². The Bertz CT molecular complexity index is 818. The van der Waals surface area contributed by atoms with E-state index >= 15 is 0 Å². The van der Waals surface area contributed by atoms with Crippen LogP contribution in [0.3, 0.4) is 0 Å². The summed E-state index contributed by atoms with van der Waals surface area (Å²) in [5.41, 5.74) is 1.51. The molecule has 0 atom stereocenters. The number of fused-ring (bicyclic) bond motifs is 1. The third kappa shape index (κ3) is 2.18. The van der Waals surface area contributed by atoms with E-state index in [9.17, 15) is 8.78 Å². The van der Waals surface area contributed by atoms with Gasteiger partial charge in [-0.3, -0.25) is 0 Å². The Morgan fingerprint density at radius 1 is 1.10 bits per heavy atom. The normalized spacial score (nSPS) is 11.0. The molecule has 3 aromatic rings. The number of aryl methyl sites for hydroxylation is 1. The number of nitrogens with zero attached hydrogens (tertiary/aromatic N) is 4. The van der Waals surface area contributed by atoms with Crippen LogP contribution in [0.5, 0.6) is 0 Å². The van der Waals surface area contributed by atoms with Crippen LogP contribution in [0.1, 0.15) is 5.69 Å². The molecule has 0 saturated carbocycles. The molecule has 20 heavy (non-hydrogen) atoms. The third-order valence-electron chi connectivity index (χ3n) is 2.69. The van der Waals surface area contributed by atoms with Gasteiger partial charge in [-0.05, 0) is 30.7 Å². The van der Waals surface area contributed by atoms with Gasteiger partial charge in [-0.2, -0.15) is 4.98 Å². The highest BCUT2D eigenvalue weighted by atomic mass is 35.5. The van der Waals surface area contributed by atoms with E-state index in [2.05, 4.69) is 19.9 Å². The maximum atomic E-state index is 13.9. The summed E-state index contributed by atoms with van der Waals surface area (Å²) in [5.74, 6) is -1.42. The largest absolute Gasteiger partial charge is 0.249 e. The molecule has 2 aromatic heterocycles. The average Bonchev–Trinajstić information content (AvgIpc) is 2.37. The summed E-state index contributed by atoms with van der Waals surface area (Å²) in [7, 11) is 0. The minimum atomic E-state index is -0.747. The van der Waals surface area contributed by atoms with Crippen molar-refractivity contribution in [3.05, 3.63) is 47.0 Å². The van der Waals surface area contributed by atoms with Crippen molar-refractivity contribution in [2.24, 2.45) is 0 Å². The maximum absolute atomic E-state index is 13.9. The smallest absolute Gasteiger partial charge is 0.225 e. The molecule has 7 heteroatoms. The molecular weight excluding hydrogens is 286 g/mol. The quantitative estimate of drug-likeness (QED) is 0.646. The fourth-order valence-electron chi connectivity index (χ4n) is 1.84. The first-order chi connectivity index (χ1) is 9.54. The third-order valence-corrected chi connectivity index (χ3v) is 2.86. The Labute approximate surface area is 117 Å². The molecule has 2 heterocycles. The van der Waals surface area contributed by atoms with Gasteiger partial charge in [-0.1, -0.05) is 0 Å². The van der Waals surface area contributed by atoms with Crippen LogP contribution < -0.4 is 0 Å². The number of benzene rings is 1. The summed E-state index contributed by atoms with van der Waals surface area (Å²) in [6.45, 7) is 1.75. The van der Waals surface area contributed by atoms with Gasteiger partial charge < -0.3 is 0 Å². The van der Waals surface area contributed by atoms with E-state index in [1.807, 2.05) is 0 Å². The zero-order chi connectivity index (χ0) is 14.3. The van der Waals surface area contributed by atoms with Gasteiger partial charge >= 0.3 is 0 Å². The minimum Gasteiger partial charge on any atom is -0.249 e. The summed E-state index contributed by atoms with van der Waals surface area (Å²) in [4.78, 5) is 16.3. The van der Waals surface area contributed by atoms with Crippen molar-refractivity contribution < 1.29 is 8.78 Å². The van der Waals surface area contributed by atoms with Crippen LogP contribution in [-0.2, 0) is 0 Å². The summed E-state index contributed by atoms with van der Waals surface area (Å²) >= 11 is 5.82. The predicted octanol–water partition coefficient (Wildman–Crippen LogP) is 3.33. The fourth-order valence-corrected chi connectivity index (χ4v) is 2.00. The summed E-state index contributed by atoms with van der Waals surface area (Å²) in [6.07, 6.45) is 1.52. The lowest BCUT2D eigenvalue weighted by atomic mass is 10.1. The highest BCUT2D eigenvalue weighted by molar-refractivity contribution is 6.28. The van der Waals surface area contributed by atoms with E-state index in [4.69, 9.17) is 11.6 Å². The standard InChI is InChI=1S/C13H7ClF2N4/c1-6-5-17-11-10(19-13(14)20-12(11)18-6)8-3-2-7(15)4-9(8)16/h2-5H,1H3. The summed E-state index contributed by atoms with van der Waals surface area (Å²) in [5, 5.41) is -0.0730. The number of hydrogen-bond acceptors (Lipinski definition) is 4. The van der Waals surface area contributed by atoms with E-state index in [1.165, 1.54) is 12.3 Å². The second kappa shape index (κ2) is 4.72. The van der Waals surface area contributed by atoms with Gasteiger partial charge in [0.2, 0.25) is 5.28 Å². The van der Waals surface area contributed by atoms with Gasteiger partial charge in [0.1, 0.15) is 22.8 Å². The monoisotopic (exact) mass is 292 g/mol. The van der Waals surface area contributed by atoms with Crippen LogP contribution in [-0.4, -0.2) is 19.9 Å². The molecule has 0 radical (unpaired) electrons. The van der Waals surface area contributed by atoms with Gasteiger partial charge in [0.25, 0.3) is 0 Å². The van der Waals surface area contributed by atoms with E-state index in [1.54, 1.807) is 6.92 Å². The van der Waals surface area contributed by atoms with Crippen LogP contribution in [0.4, 0.5) is 8.78 Å². The Morgan fingerprint density at radius 3 is 2.65 bits per heavy atom. The first kappa shape index (κ1) is 12.8. The molecule has 0 unspecified atom stereocenters. The summed E-state index contributed by atoms with van der Waals surface area (Å²) < 4.78 is 26.9. The molecule has 3 rings (SSSR count). The Hall–Kier alpha value is -2.21. The lowest BCUT2D eigenvalue weighted by Crippen LogP contribution is -1.98. The van der Waals surface area contributed by atoms with Crippen molar-refractivity contribution in [3.63, 3.8) is 0 Å². The average molecular weight is 293 g/mol. The van der Waals surface area contributed by atoms with Crippen molar-refractivity contribution in [2.45, 2.75) is 6.92 Å². The first-order valence-electron chi connectivity index (χ1n) is 5.67. The topological polar surface area (TPSA) is 51.6 Å². The zero-order valence-corrected chi connectivity index (χ0v) is 11.0. The lowest BCUT2D eigenvalue weighted by molar-refractivity contribution is 0.585. The maximum Gasteiger partial charge on any atom is 0.225 e. The van der Waals surface area contributed by atoms with Crippen molar-refractivity contribution >= 4 is 22.8 Å². The molecule has 0 spiro atoms. The SMILES string of the molecule is Cc1cnc2c(-c3ccc(F)cc3F)nc(Cl)nc2n1. The zero-order valence-electron chi connectivity index (χ0n) is 10.2. The van der Waals surface area contributed by atoms with Crippen molar-refractivity contribution in [3.8, 4) is 11.3 Å². The molecule has 0 amide bonds. The van der Waals surface area contributed by atoms with Crippen LogP contribution in [0, 0.1) is 18.6 Å². The van der Waals surface area contributed by atoms with Crippen molar-refractivity contribution in [1.82, 2.24) is 19.9 Å². The molecule has 0 bridgehead atoms. The highest BCUT2D eigenvalue weighted by Gasteiger charge is 2.15. The Balaban J connectivity index is 2.35. The number of rotatable bonds is 1. The Morgan fingerprint density at radius 2 is 1.90 bits per heavy atom. The molecule has 1 aromatic carbocycles. The number of aromatic nitrogens is 4. The van der Waals surface area contributed by atoms with E-state index < -0.39 is 11.6 Å². The van der Waals surface area contributed by atoms with E-state index in [0.29, 0.717) is 11.2 Å². The van der Waals surface area contributed by atoms with Gasteiger partial charge in [0.05, 0.1) is 5.69 Å². The van der Waals surface area contributed by atoms with Crippen molar-refractivity contribution in [2.75, 3.05) is 0 Å². The second-order valence-electron chi connectivity index (χ2n) is 4.15. The fraction of sp³-hybridized carbons (Fsp3) is 0.0769. The molecule has 100 valence electrons. The summed E-state index contributed by atoms with van der Waals surface area (Å²) in [6, 6.07) is 3.20. The molecule has 0 aliphatic rings. The molecule has 4 nitrogen and oxygen atoms in total. The van der Waals surface area contributed by atoms with Crippen LogP contribution >= 0.6 is 11.6 Å². The Kier molecular flexibility index (Phi) is 3.02. The lowest BCUT2D eigenvalue weighted by Gasteiger charge is -2.06. The van der Waals surface area contributed by atoms with Gasteiger partial charge in [-0.25, -0.2) is 23.7 Å². The first-order valence-corrected chi connectivity index (χ1v) is 6.05. The van der Waals surface area contributed by atoms with Gasteiger partial charge in [0, 0.05) is 17.8 Å². The van der Waals surface area contributed by atoms with E-state index in [0.717, 1.165) is 12.1 Å². The molecular formula is C13H7ClF2N4. The van der Waals surface area contributed by atoms with Crippen LogP contribution in [0.25, 0.3) is 22.4 Å². The molecule has 0 aliphatic carbocycles. The number of halogens is 3. The highest BCUT2D eigenvalue weighted by Crippen LogP contribution is 2.27. The van der Waals surface area contributed by atoms with Crippen LogP contribution in [0.15, 0.2) is 24.4 Å². The second-order valence-corrected chi connectivity index (χ2v) is 4.49. The van der Waals surface area contributed by atoms with Crippen LogP contribution in [0.2, 0.25) is 5.28 Å². The minimum absolute atomic E-state index is 0.0730. The molecule has 0 saturated heterocycles. The predicted molar refractivity (Wildman–Crippen MR) is 70.2 cm³/mol. The molecule has 0 N–H and O–H groups in total. The van der Waals surface area contributed by atoms with Crippen molar-refractivity contribution in [1.29, 1.82) is 0 Å². The number of hydrogen-bond donors (Lipinski definition) is 0. The molecule has 0 aliphatic heterocycles. The van der Waals surface area contributed by atoms with Gasteiger partial charge in [0.15, 0.2) is 5.65 Å². The molecule has 0 fully saturated rings. The van der Waals surface area contributed by atoms with E-state index in [-0.39, 0.29) is 22.2 Å².